The molecule has 0 radical (unpaired) electrons. The molecule has 1 aromatic carbocycles. The van der Waals surface area contributed by atoms with E-state index in [-0.39, 0.29) is 11.5 Å². The lowest BCUT2D eigenvalue weighted by atomic mass is 10.0. The molecule has 0 N–H and O–H groups in total. The number of benzene rings is 1. The van der Waals surface area contributed by atoms with E-state index in [4.69, 9.17) is 0 Å². The lowest BCUT2D eigenvalue weighted by Gasteiger charge is -2.24. The lowest BCUT2D eigenvalue weighted by Crippen LogP contribution is -2.34. The number of aromatic nitrogens is 4. The van der Waals surface area contributed by atoms with Crippen molar-refractivity contribution < 1.29 is 9.18 Å². The summed E-state index contributed by atoms with van der Waals surface area (Å²) in [6, 6.07) is 8.29. The van der Waals surface area contributed by atoms with Crippen LogP contribution in [0.25, 0.3) is 11.4 Å². The zero-order valence-corrected chi connectivity index (χ0v) is 18.9. The maximum absolute atomic E-state index is 14.8. The van der Waals surface area contributed by atoms with E-state index in [0.29, 0.717) is 36.3 Å². The molecule has 0 aliphatic carbocycles. The molecule has 0 saturated carbocycles. The highest BCUT2D eigenvalue weighted by atomic mass is 19.1. The Morgan fingerprint density at radius 2 is 1.73 bits per heavy atom. The highest BCUT2D eigenvalue weighted by Gasteiger charge is 2.43. The number of carbonyl (C=O) groups is 1. The molecule has 2 fully saturated rings. The quantitative estimate of drug-likeness (QED) is 0.608. The number of nitrogens with zero attached hydrogens (tertiary/aromatic N) is 7. The van der Waals surface area contributed by atoms with Gasteiger partial charge >= 0.3 is 0 Å². The van der Waals surface area contributed by atoms with Crippen molar-refractivity contribution in [2.24, 2.45) is 11.8 Å². The summed E-state index contributed by atoms with van der Waals surface area (Å²) in [5.41, 5.74) is 0.467. The van der Waals surface area contributed by atoms with Crippen molar-refractivity contribution in [3.8, 4) is 11.4 Å². The zero-order valence-electron chi connectivity index (χ0n) is 18.9. The highest BCUT2D eigenvalue weighted by Crippen LogP contribution is 2.35. The van der Waals surface area contributed by atoms with Crippen molar-refractivity contribution in [3.63, 3.8) is 0 Å². The van der Waals surface area contributed by atoms with Crippen LogP contribution in [0.3, 0.4) is 0 Å². The zero-order chi connectivity index (χ0) is 23.1. The number of rotatable bonds is 4. The van der Waals surface area contributed by atoms with Crippen LogP contribution >= 0.6 is 0 Å². The van der Waals surface area contributed by atoms with Gasteiger partial charge in [0.25, 0.3) is 5.91 Å². The summed E-state index contributed by atoms with van der Waals surface area (Å²) in [5, 5.41) is 0. The van der Waals surface area contributed by atoms with Gasteiger partial charge in [-0.2, -0.15) is 0 Å². The molecule has 2 unspecified atom stereocenters. The lowest BCUT2D eigenvalue weighted by molar-refractivity contribution is 0.0778. The van der Waals surface area contributed by atoms with Crippen LogP contribution in [0, 0.1) is 24.6 Å². The maximum atomic E-state index is 14.8. The third-order valence-electron chi connectivity index (χ3n) is 6.40. The third-order valence-corrected chi connectivity index (χ3v) is 6.40. The van der Waals surface area contributed by atoms with Crippen LogP contribution in [0.2, 0.25) is 0 Å². The van der Waals surface area contributed by atoms with Gasteiger partial charge in [0.1, 0.15) is 23.3 Å². The van der Waals surface area contributed by atoms with Gasteiger partial charge in [0.05, 0.1) is 5.56 Å². The van der Waals surface area contributed by atoms with E-state index in [1.54, 1.807) is 35.5 Å². The average molecular weight is 448 g/mol. The fourth-order valence-electron chi connectivity index (χ4n) is 4.80. The Morgan fingerprint density at radius 1 is 1.03 bits per heavy atom. The number of likely N-dealkylation sites (tertiary alicyclic amines) is 1. The summed E-state index contributed by atoms with van der Waals surface area (Å²) in [7, 11) is 3.93. The van der Waals surface area contributed by atoms with Crippen molar-refractivity contribution in [3.05, 3.63) is 59.9 Å². The molecule has 1 amide bonds. The first kappa shape index (κ1) is 21.2. The first-order valence-corrected chi connectivity index (χ1v) is 11.0. The van der Waals surface area contributed by atoms with E-state index in [0.717, 1.165) is 30.5 Å². The van der Waals surface area contributed by atoms with Gasteiger partial charge in [0, 0.05) is 76.1 Å². The van der Waals surface area contributed by atoms with Crippen molar-refractivity contribution in [1.82, 2.24) is 24.8 Å². The van der Waals surface area contributed by atoms with Crippen LogP contribution in [0.1, 0.15) is 16.2 Å². The third kappa shape index (κ3) is 3.99. The second kappa shape index (κ2) is 8.38. The van der Waals surface area contributed by atoms with Crippen molar-refractivity contribution in [1.29, 1.82) is 0 Å². The molecule has 33 heavy (non-hydrogen) atoms. The van der Waals surface area contributed by atoms with Crippen LogP contribution in [0.5, 0.6) is 0 Å². The van der Waals surface area contributed by atoms with Gasteiger partial charge in [-0.25, -0.2) is 24.3 Å². The first-order chi connectivity index (χ1) is 15.9. The van der Waals surface area contributed by atoms with Gasteiger partial charge in [-0.05, 0) is 19.1 Å². The van der Waals surface area contributed by atoms with E-state index in [1.165, 1.54) is 6.07 Å². The molecule has 4 heterocycles. The maximum Gasteiger partial charge on any atom is 0.257 e. The number of halogens is 1. The molecule has 3 aromatic rings. The van der Waals surface area contributed by atoms with Crippen molar-refractivity contribution in [2.75, 3.05) is 50.1 Å². The van der Waals surface area contributed by atoms with E-state index >= 15 is 0 Å². The number of fused-ring (bicyclic) bond motifs is 1. The molecule has 170 valence electrons. The molecule has 8 nitrogen and oxygen atoms in total. The van der Waals surface area contributed by atoms with Crippen molar-refractivity contribution >= 4 is 17.5 Å². The molecule has 9 heteroatoms. The molecule has 2 saturated heterocycles. The van der Waals surface area contributed by atoms with E-state index in [1.807, 2.05) is 32.0 Å². The number of hydrogen-bond acceptors (Lipinski definition) is 7. The van der Waals surface area contributed by atoms with Crippen LogP contribution in [-0.4, -0.2) is 71.0 Å². The first-order valence-electron chi connectivity index (χ1n) is 11.0. The summed E-state index contributed by atoms with van der Waals surface area (Å²) in [5.74, 6) is 2.66. The van der Waals surface area contributed by atoms with Crippen LogP contribution in [0.15, 0.2) is 42.7 Å². The average Bonchev–Trinajstić information content (AvgIpc) is 3.38. The molecular weight excluding hydrogens is 421 g/mol. The molecular formula is C24H26FN7O. The van der Waals surface area contributed by atoms with Gasteiger partial charge in [0.2, 0.25) is 0 Å². The topological polar surface area (TPSA) is 78.4 Å². The number of carbonyl (C=O) groups excluding carboxylic acids is 1. The molecule has 0 bridgehead atoms. The summed E-state index contributed by atoms with van der Waals surface area (Å²) in [4.78, 5) is 36.9. The molecule has 2 atom stereocenters. The minimum absolute atomic E-state index is 0.0441. The predicted molar refractivity (Wildman–Crippen MR) is 124 cm³/mol. The molecule has 2 aromatic heterocycles. The fourth-order valence-corrected chi connectivity index (χ4v) is 4.80. The minimum Gasteiger partial charge on any atom is -0.363 e. The number of hydrogen-bond donors (Lipinski definition) is 0. The number of amides is 1. The Bertz CT molecular complexity index is 1170. The Hall–Kier alpha value is -3.62. The Balaban J connectivity index is 1.34. The summed E-state index contributed by atoms with van der Waals surface area (Å²) in [6.45, 7) is 4.70. The van der Waals surface area contributed by atoms with E-state index < -0.39 is 5.82 Å². The molecule has 5 rings (SSSR count). The standard InChI is InChI=1S/C24H26FN7O/c1-15-28-20(30(2)3)10-21(29-15)31-11-16-13-32(14-17(16)12-31)24(33)22-18(6-4-7-19(22)25)23-26-8-5-9-27-23/h4-10,16-17H,11-14H2,1-3H3. The van der Waals surface area contributed by atoms with Crippen LogP contribution < -0.4 is 9.80 Å². The second-order valence-corrected chi connectivity index (χ2v) is 8.90. The molecule has 0 spiro atoms. The van der Waals surface area contributed by atoms with Gasteiger partial charge in [0.15, 0.2) is 5.82 Å². The Labute approximate surface area is 192 Å². The number of aryl methyl sites for hydroxylation is 1. The molecule has 2 aliphatic rings. The largest absolute Gasteiger partial charge is 0.363 e. The highest BCUT2D eigenvalue weighted by molar-refractivity contribution is 6.00. The predicted octanol–water partition coefficient (Wildman–Crippen LogP) is 2.66. The van der Waals surface area contributed by atoms with Gasteiger partial charge in [-0.3, -0.25) is 4.79 Å². The summed E-state index contributed by atoms with van der Waals surface area (Å²) < 4.78 is 14.8. The summed E-state index contributed by atoms with van der Waals surface area (Å²) >= 11 is 0. The minimum atomic E-state index is -0.545. The monoisotopic (exact) mass is 447 g/mol. The van der Waals surface area contributed by atoms with Gasteiger partial charge < -0.3 is 14.7 Å². The Kier molecular flexibility index (Phi) is 5.39. The number of anilines is 2. The normalized spacial score (nSPS) is 19.6. The fraction of sp³-hybridized carbons (Fsp3) is 0.375. The van der Waals surface area contributed by atoms with Crippen LogP contribution in [-0.2, 0) is 0 Å². The van der Waals surface area contributed by atoms with E-state index in [2.05, 4.69) is 24.8 Å². The second-order valence-electron chi connectivity index (χ2n) is 8.90. The van der Waals surface area contributed by atoms with Gasteiger partial charge in [-0.15, -0.1) is 0 Å². The smallest absolute Gasteiger partial charge is 0.257 e. The van der Waals surface area contributed by atoms with Gasteiger partial charge in [-0.1, -0.05) is 12.1 Å². The van der Waals surface area contributed by atoms with Crippen molar-refractivity contribution in [2.45, 2.75) is 6.92 Å². The van der Waals surface area contributed by atoms with E-state index in [9.17, 15) is 9.18 Å². The van der Waals surface area contributed by atoms with Crippen LogP contribution in [0.4, 0.5) is 16.0 Å². The SMILES string of the molecule is Cc1nc(N(C)C)cc(N2CC3CN(C(=O)c4c(F)cccc4-c4ncccn4)CC3C2)n1. The molecule has 2 aliphatic heterocycles. The Morgan fingerprint density at radius 3 is 2.39 bits per heavy atom. The summed E-state index contributed by atoms with van der Waals surface area (Å²) in [6.07, 6.45) is 3.18.